The normalized spacial score (nSPS) is 10.7. The van der Waals surface area contributed by atoms with E-state index in [4.69, 9.17) is 4.74 Å². The van der Waals surface area contributed by atoms with Gasteiger partial charge in [0.15, 0.2) is 17.4 Å². The molecular formula is C10H10F2O. The molecule has 0 N–H and O–H groups in total. The smallest absolute Gasteiger partial charge is 0.191 e. The number of hydrogen-bond acceptors (Lipinski definition) is 1. The molecule has 0 aromatic heterocycles. The van der Waals surface area contributed by atoms with Crippen molar-refractivity contribution in [3.63, 3.8) is 0 Å². The van der Waals surface area contributed by atoms with Crippen molar-refractivity contribution in [1.29, 1.82) is 0 Å². The second kappa shape index (κ2) is 4.60. The van der Waals surface area contributed by atoms with E-state index in [1.165, 1.54) is 6.07 Å². The van der Waals surface area contributed by atoms with E-state index in [0.29, 0.717) is 0 Å². The quantitative estimate of drug-likeness (QED) is 0.656. The van der Waals surface area contributed by atoms with Crippen LogP contribution in [0.4, 0.5) is 8.78 Å². The van der Waals surface area contributed by atoms with Crippen LogP contribution >= 0.6 is 0 Å². The summed E-state index contributed by atoms with van der Waals surface area (Å²) in [6, 6.07) is 3.62. The molecule has 1 rings (SSSR count). The molecule has 0 radical (unpaired) electrons. The van der Waals surface area contributed by atoms with E-state index in [-0.39, 0.29) is 12.4 Å². The highest BCUT2D eigenvalue weighted by Gasteiger charge is 2.07. The van der Waals surface area contributed by atoms with Gasteiger partial charge in [-0.2, -0.15) is 0 Å². The summed E-state index contributed by atoms with van der Waals surface area (Å²) in [5.41, 5.74) is 0. The van der Waals surface area contributed by atoms with Crippen LogP contribution in [0.25, 0.3) is 0 Å². The molecule has 1 aromatic carbocycles. The minimum absolute atomic E-state index is 0.175. The molecule has 0 atom stereocenters. The first-order valence-electron chi connectivity index (χ1n) is 3.93. The number of ether oxygens (including phenoxy) is 1. The Hall–Kier alpha value is -1.38. The third kappa shape index (κ3) is 2.54. The van der Waals surface area contributed by atoms with Gasteiger partial charge in [-0.05, 0) is 19.1 Å². The first-order valence-corrected chi connectivity index (χ1v) is 3.93. The van der Waals surface area contributed by atoms with Crippen molar-refractivity contribution in [1.82, 2.24) is 0 Å². The Morgan fingerprint density at radius 1 is 1.31 bits per heavy atom. The van der Waals surface area contributed by atoms with Gasteiger partial charge in [0.2, 0.25) is 0 Å². The van der Waals surface area contributed by atoms with E-state index in [9.17, 15) is 8.78 Å². The van der Waals surface area contributed by atoms with Crippen LogP contribution < -0.4 is 4.74 Å². The fraction of sp³-hybridized carbons (Fsp3) is 0.200. The first kappa shape index (κ1) is 9.71. The summed E-state index contributed by atoms with van der Waals surface area (Å²) in [6.07, 6.45) is 3.42. The maximum Gasteiger partial charge on any atom is 0.191 e. The third-order valence-electron chi connectivity index (χ3n) is 1.48. The van der Waals surface area contributed by atoms with Gasteiger partial charge in [0, 0.05) is 0 Å². The summed E-state index contributed by atoms with van der Waals surface area (Å²) in [5, 5.41) is 0. The molecule has 0 amide bonds. The molecule has 0 fully saturated rings. The monoisotopic (exact) mass is 184 g/mol. The van der Waals surface area contributed by atoms with E-state index < -0.39 is 11.6 Å². The van der Waals surface area contributed by atoms with Gasteiger partial charge >= 0.3 is 0 Å². The minimum Gasteiger partial charge on any atom is -0.483 e. The van der Waals surface area contributed by atoms with Gasteiger partial charge in [-0.3, -0.25) is 0 Å². The zero-order valence-electron chi connectivity index (χ0n) is 7.26. The fourth-order valence-corrected chi connectivity index (χ4v) is 0.848. The highest BCUT2D eigenvalue weighted by Crippen LogP contribution is 2.20. The Morgan fingerprint density at radius 3 is 2.46 bits per heavy atom. The molecule has 0 unspecified atom stereocenters. The van der Waals surface area contributed by atoms with Gasteiger partial charge in [0.1, 0.15) is 6.61 Å². The number of benzene rings is 1. The van der Waals surface area contributed by atoms with Crippen molar-refractivity contribution < 1.29 is 13.5 Å². The van der Waals surface area contributed by atoms with Crippen molar-refractivity contribution in [3.05, 3.63) is 42.0 Å². The van der Waals surface area contributed by atoms with Gasteiger partial charge in [-0.15, -0.1) is 0 Å². The van der Waals surface area contributed by atoms with Crippen LogP contribution in [0.5, 0.6) is 5.75 Å². The molecule has 0 aliphatic rings. The van der Waals surface area contributed by atoms with Crippen molar-refractivity contribution in [3.8, 4) is 5.75 Å². The molecule has 13 heavy (non-hydrogen) atoms. The predicted molar refractivity (Wildman–Crippen MR) is 46.7 cm³/mol. The molecule has 1 aromatic rings. The lowest BCUT2D eigenvalue weighted by atomic mass is 10.3. The molecule has 0 heterocycles. The Bertz CT molecular complexity index is 288. The van der Waals surface area contributed by atoms with Crippen LogP contribution in [0.15, 0.2) is 30.4 Å². The molecule has 1 nitrogen and oxygen atoms in total. The third-order valence-corrected chi connectivity index (χ3v) is 1.48. The van der Waals surface area contributed by atoms with Crippen molar-refractivity contribution in [2.24, 2.45) is 0 Å². The highest BCUT2D eigenvalue weighted by atomic mass is 19.1. The Labute approximate surface area is 75.6 Å². The van der Waals surface area contributed by atoms with E-state index in [1.807, 2.05) is 0 Å². The summed E-state index contributed by atoms with van der Waals surface area (Å²) in [5.74, 6) is -1.67. The van der Waals surface area contributed by atoms with Crippen molar-refractivity contribution in [2.45, 2.75) is 6.92 Å². The topological polar surface area (TPSA) is 9.23 Å². The summed E-state index contributed by atoms with van der Waals surface area (Å²) in [7, 11) is 0. The zero-order chi connectivity index (χ0) is 9.68. The summed E-state index contributed by atoms with van der Waals surface area (Å²) < 4.78 is 30.6. The Balaban J connectivity index is 2.75. The lowest BCUT2D eigenvalue weighted by molar-refractivity contribution is 0.320. The van der Waals surface area contributed by atoms with E-state index in [0.717, 1.165) is 12.1 Å². The lowest BCUT2D eigenvalue weighted by Gasteiger charge is -2.04. The van der Waals surface area contributed by atoms with Crippen molar-refractivity contribution >= 4 is 0 Å². The largest absolute Gasteiger partial charge is 0.483 e. The maximum absolute atomic E-state index is 12.9. The number of halogens is 2. The van der Waals surface area contributed by atoms with Crippen LogP contribution in [-0.2, 0) is 0 Å². The van der Waals surface area contributed by atoms with Gasteiger partial charge in [0.05, 0.1) is 0 Å². The molecule has 0 saturated heterocycles. The van der Waals surface area contributed by atoms with Crippen LogP contribution in [0.2, 0.25) is 0 Å². The second-order valence-electron chi connectivity index (χ2n) is 2.43. The Kier molecular flexibility index (Phi) is 3.43. The standard InChI is InChI=1S/C10H10F2O/c1-2-3-7-13-10-8(11)5-4-6-9(10)12/h2-6H,7H2,1H3/b3-2+. The van der Waals surface area contributed by atoms with Crippen LogP contribution in [0.3, 0.4) is 0 Å². The van der Waals surface area contributed by atoms with Gasteiger partial charge in [-0.25, -0.2) is 8.78 Å². The van der Waals surface area contributed by atoms with Crippen LogP contribution in [-0.4, -0.2) is 6.61 Å². The fourth-order valence-electron chi connectivity index (χ4n) is 0.848. The highest BCUT2D eigenvalue weighted by molar-refractivity contribution is 5.26. The summed E-state index contributed by atoms with van der Waals surface area (Å²) >= 11 is 0. The number of hydrogen-bond donors (Lipinski definition) is 0. The average Bonchev–Trinajstić information content (AvgIpc) is 2.10. The molecule has 0 spiro atoms. The number of para-hydroxylation sites is 1. The van der Waals surface area contributed by atoms with Crippen LogP contribution in [0.1, 0.15) is 6.92 Å². The van der Waals surface area contributed by atoms with Gasteiger partial charge in [0.25, 0.3) is 0 Å². The number of rotatable bonds is 3. The molecular weight excluding hydrogens is 174 g/mol. The SMILES string of the molecule is C/C=C/COc1c(F)cccc1F. The first-order chi connectivity index (χ1) is 6.25. The van der Waals surface area contributed by atoms with Gasteiger partial charge < -0.3 is 4.74 Å². The summed E-state index contributed by atoms with van der Waals surface area (Å²) in [4.78, 5) is 0. The van der Waals surface area contributed by atoms with Crippen molar-refractivity contribution in [2.75, 3.05) is 6.61 Å². The maximum atomic E-state index is 12.9. The van der Waals surface area contributed by atoms with Crippen LogP contribution in [0, 0.1) is 11.6 Å². The summed E-state index contributed by atoms with van der Waals surface area (Å²) in [6.45, 7) is 1.98. The zero-order valence-corrected chi connectivity index (χ0v) is 7.26. The molecule has 0 aliphatic heterocycles. The molecule has 3 heteroatoms. The van der Waals surface area contributed by atoms with Gasteiger partial charge in [-0.1, -0.05) is 18.2 Å². The second-order valence-corrected chi connectivity index (χ2v) is 2.43. The minimum atomic E-state index is -0.676. The van der Waals surface area contributed by atoms with E-state index in [2.05, 4.69) is 0 Å². The van der Waals surface area contributed by atoms with E-state index in [1.54, 1.807) is 19.1 Å². The lowest BCUT2D eigenvalue weighted by Crippen LogP contribution is -1.98. The predicted octanol–water partition coefficient (Wildman–Crippen LogP) is 2.92. The molecule has 0 bridgehead atoms. The molecule has 70 valence electrons. The van der Waals surface area contributed by atoms with E-state index >= 15 is 0 Å². The number of allylic oxidation sites excluding steroid dienone is 1. The average molecular weight is 184 g/mol. The molecule has 0 aliphatic carbocycles. The Morgan fingerprint density at radius 2 is 1.92 bits per heavy atom. The molecule has 0 saturated carbocycles.